The molecule has 3 heterocycles. The number of benzene rings is 1. The quantitative estimate of drug-likeness (QED) is 0.0927. The second-order valence-corrected chi connectivity index (χ2v) is 30.6. The topological polar surface area (TPSA) is 329 Å². The predicted octanol–water partition coefficient (Wildman–Crippen LogP) is 3.48. The maximum atomic E-state index is 15.4. The SMILES string of the molecule is CCCCN1CC(=O)N(C)[C@@H](CC(C)C)C(=O)N[C@@H](COC[C@@H]2CC(F)(F)CN2)C(=O)N(C)[C@@H](CC(C)C)C(=O)N(C)[C@@H](CC(C)C)C(=O)N[C@H](C(=O)N2CCCCC2)CC(=O)N[C@H](C(C)C)C(=O)N(C)[C@@H](Cc2ccccc2)C(=O)NC(CC(C)C)C(=O)N(C)[C@@H](CC)C(=O)N[C@@H]([C@@H](C)O)C1=O. The van der Waals surface area contributed by atoms with Crippen LogP contribution in [0.2, 0.25) is 0 Å². The summed E-state index contributed by atoms with van der Waals surface area (Å²) in [6.45, 7) is 21.1. The zero-order valence-electron chi connectivity index (χ0n) is 64.5. The second kappa shape index (κ2) is 41.3. The Morgan fingerprint density at radius 1 is 0.563 bits per heavy atom. The van der Waals surface area contributed by atoms with Crippen molar-refractivity contribution in [1.29, 1.82) is 0 Å². The minimum Gasteiger partial charge on any atom is -0.391 e. The smallest absolute Gasteiger partial charge is 0.261 e. The van der Waals surface area contributed by atoms with Crippen molar-refractivity contribution < 1.29 is 76.2 Å². The summed E-state index contributed by atoms with van der Waals surface area (Å²) in [5, 5.41) is 28.0. The van der Waals surface area contributed by atoms with Gasteiger partial charge in [-0.3, -0.25) is 57.5 Å². The van der Waals surface area contributed by atoms with Gasteiger partial charge in [0.1, 0.15) is 60.4 Å². The Balaban J connectivity index is 1.98. The van der Waals surface area contributed by atoms with Crippen molar-refractivity contribution in [2.24, 2.45) is 29.6 Å². The normalized spacial score (nSPS) is 26.7. The van der Waals surface area contributed by atoms with E-state index in [1.165, 1.54) is 52.0 Å². The minimum atomic E-state index is -3.04. The monoisotopic (exact) mass is 1460 g/mol. The number of nitrogens with zero attached hydrogens (tertiary/aromatic N) is 7. The number of likely N-dealkylation sites (tertiary alicyclic amines) is 1. The van der Waals surface area contributed by atoms with E-state index in [9.17, 15) is 42.7 Å². The van der Waals surface area contributed by atoms with Crippen LogP contribution >= 0.6 is 0 Å². The number of rotatable bonds is 21. The summed E-state index contributed by atoms with van der Waals surface area (Å²) >= 11 is 0. The lowest BCUT2D eigenvalue weighted by atomic mass is 9.97. The summed E-state index contributed by atoms with van der Waals surface area (Å²) in [7, 11) is 6.85. The van der Waals surface area contributed by atoms with Gasteiger partial charge in [-0.15, -0.1) is 0 Å². The lowest BCUT2D eigenvalue weighted by Crippen LogP contribution is -2.62. The molecule has 27 nitrogen and oxygen atoms in total. The highest BCUT2D eigenvalue weighted by atomic mass is 19.3. The molecule has 29 heteroatoms. The molecule has 0 saturated carbocycles. The number of nitrogens with one attached hydrogen (secondary N) is 6. The number of unbranched alkanes of at least 4 members (excludes halogenated alkanes) is 1. The van der Waals surface area contributed by atoms with Crippen molar-refractivity contribution in [1.82, 2.24) is 66.2 Å². The van der Waals surface area contributed by atoms with E-state index in [-0.39, 0.29) is 75.3 Å². The summed E-state index contributed by atoms with van der Waals surface area (Å²) in [5.74, 6) is -14.0. The number of carbonyl (C=O) groups is 12. The fourth-order valence-corrected chi connectivity index (χ4v) is 13.4. The van der Waals surface area contributed by atoms with E-state index in [1.54, 1.807) is 69.9 Å². The zero-order valence-corrected chi connectivity index (χ0v) is 64.5. The summed E-state index contributed by atoms with van der Waals surface area (Å²) in [6.07, 6.45) is 0.240. The molecule has 12 amide bonds. The number of hydrogen-bond acceptors (Lipinski definition) is 15. The number of piperidine rings is 1. The largest absolute Gasteiger partial charge is 0.391 e. The van der Waals surface area contributed by atoms with E-state index in [0.29, 0.717) is 44.3 Å². The molecule has 12 atom stereocenters. The number of aliphatic hydroxyl groups is 1. The number of amides is 12. The van der Waals surface area contributed by atoms with Crippen LogP contribution in [0.3, 0.4) is 0 Å². The zero-order chi connectivity index (χ0) is 77.5. The first kappa shape index (κ1) is 88.0. The Labute approximate surface area is 609 Å². The Morgan fingerprint density at radius 3 is 1.60 bits per heavy atom. The molecule has 3 aliphatic rings. The Morgan fingerprint density at radius 2 is 1.07 bits per heavy atom. The minimum absolute atomic E-state index is 0.00550. The van der Waals surface area contributed by atoms with Crippen LogP contribution in [0.4, 0.5) is 8.78 Å². The third kappa shape index (κ3) is 26.3. The van der Waals surface area contributed by atoms with Crippen LogP contribution in [0.5, 0.6) is 0 Å². The van der Waals surface area contributed by atoms with Gasteiger partial charge in [-0.2, -0.15) is 0 Å². The first-order valence-corrected chi connectivity index (χ1v) is 37.1. The van der Waals surface area contributed by atoms with Crippen molar-refractivity contribution in [3.8, 4) is 0 Å². The molecule has 0 radical (unpaired) electrons. The van der Waals surface area contributed by atoms with Crippen molar-refractivity contribution >= 4 is 70.9 Å². The molecule has 0 bridgehead atoms. The Bertz CT molecular complexity index is 3010. The summed E-state index contributed by atoms with van der Waals surface area (Å²) < 4.78 is 34.9. The molecule has 1 aromatic carbocycles. The molecule has 1 aromatic rings. The van der Waals surface area contributed by atoms with Gasteiger partial charge in [0.05, 0.1) is 38.8 Å². The molecule has 4 rings (SSSR count). The van der Waals surface area contributed by atoms with Gasteiger partial charge >= 0.3 is 0 Å². The van der Waals surface area contributed by atoms with Crippen molar-refractivity contribution in [2.45, 2.75) is 252 Å². The van der Waals surface area contributed by atoms with Gasteiger partial charge in [0, 0.05) is 73.8 Å². The molecular formula is C74H123F2N13O14. The third-order valence-electron chi connectivity index (χ3n) is 19.5. The van der Waals surface area contributed by atoms with E-state index >= 15 is 28.8 Å². The molecule has 3 fully saturated rings. The van der Waals surface area contributed by atoms with Crippen LogP contribution in [0.25, 0.3) is 0 Å². The van der Waals surface area contributed by atoms with Crippen molar-refractivity contribution in [3.05, 3.63) is 35.9 Å². The predicted molar refractivity (Wildman–Crippen MR) is 386 cm³/mol. The number of likely N-dealkylation sites (N-methyl/N-ethyl adjacent to an activating group) is 5. The summed E-state index contributed by atoms with van der Waals surface area (Å²) in [6, 6.07) is -6.12. The molecule has 3 aliphatic heterocycles. The van der Waals surface area contributed by atoms with E-state index in [2.05, 4.69) is 31.9 Å². The first-order valence-electron chi connectivity index (χ1n) is 37.1. The van der Waals surface area contributed by atoms with Crippen LogP contribution in [0, 0.1) is 29.6 Å². The summed E-state index contributed by atoms with van der Waals surface area (Å²) in [5.41, 5.74) is 0.638. The number of hydrogen-bond donors (Lipinski definition) is 7. The van der Waals surface area contributed by atoms with Gasteiger partial charge in [0.2, 0.25) is 70.9 Å². The number of halogens is 2. The molecule has 1 unspecified atom stereocenters. The van der Waals surface area contributed by atoms with Crippen LogP contribution in [-0.2, 0) is 68.7 Å². The molecule has 0 aliphatic carbocycles. The fraction of sp³-hybridized carbons (Fsp3) is 0.757. The van der Waals surface area contributed by atoms with Crippen molar-refractivity contribution in [3.63, 3.8) is 0 Å². The van der Waals surface area contributed by atoms with Crippen LogP contribution in [-0.4, -0.2) is 270 Å². The number of carbonyl (C=O) groups excluding carboxylic acids is 12. The second-order valence-electron chi connectivity index (χ2n) is 30.6. The third-order valence-corrected chi connectivity index (χ3v) is 19.5. The van der Waals surface area contributed by atoms with Gasteiger partial charge < -0.3 is 76.0 Å². The van der Waals surface area contributed by atoms with Gasteiger partial charge in [-0.1, -0.05) is 120 Å². The highest BCUT2D eigenvalue weighted by Crippen LogP contribution is 2.27. The van der Waals surface area contributed by atoms with E-state index < -0.39 is 188 Å². The lowest BCUT2D eigenvalue weighted by Gasteiger charge is -2.38. The molecule has 7 N–H and O–H groups in total. The molecule has 582 valence electrons. The molecule has 103 heavy (non-hydrogen) atoms. The molecule has 3 saturated heterocycles. The molecular weight excluding hydrogens is 1330 g/mol. The maximum Gasteiger partial charge on any atom is 0.261 e. The molecule has 0 spiro atoms. The maximum absolute atomic E-state index is 15.4. The van der Waals surface area contributed by atoms with Gasteiger partial charge in [-0.25, -0.2) is 8.78 Å². The van der Waals surface area contributed by atoms with Crippen molar-refractivity contribution in [2.75, 3.05) is 81.2 Å². The number of alkyl halides is 2. The van der Waals surface area contributed by atoms with Gasteiger partial charge in [0.25, 0.3) is 5.92 Å². The average molecular weight is 1460 g/mol. The van der Waals surface area contributed by atoms with Crippen LogP contribution < -0.4 is 31.9 Å². The highest BCUT2D eigenvalue weighted by molar-refractivity contribution is 6.00. The van der Waals surface area contributed by atoms with Crippen LogP contribution in [0.1, 0.15) is 173 Å². The fourth-order valence-electron chi connectivity index (χ4n) is 13.4. The van der Waals surface area contributed by atoms with E-state index in [0.717, 1.165) is 26.0 Å². The molecule has 0 aromatic heterocycles. The number of ether oxygens (including phenoxy) is 1. The number of aliphatic hydroxyl groups excluding tert-OH is 1. The standard InChI is InChI=1S/C74H123F2N13O14/c1-19-21-30-89-40-61(92)83(14)56(34-45(5)6)65(94)80-54(42-103-41-51-39-74(75,76)43-77-51)69(98)87(18)59(36-47(9)10)71(100)85(16)57(35-46(7)8)66(95)79-53(70(99)88-31-26-23-27-32-88)38-60(91)81-62(48(11)12)72(101)86(17)58(37-50-28-24-22-25-29-50)67(96)78-52(33-44(3)4)68(97)84(15)55(20-2)64(93)82-63(49(13)90)73(89)102/h22,24-25,28-29,44-49,51-59,62-63,77,90H,19-21,23,26-27,30-43H2,1-18H3,(H,78,96)(H,79,95)(H,80,94)(H,81,91)(H,82,93)/t49-,51+,52?,53+,54+,55+,56+,57+,58+,59+,62-,63+/m1/s1. The van der Waals surface area contributed by atoms with Gasteiger partial charge in [-0.05, 0) is 99.9 Å². The Kier molecular flexibility index (Phi) is 35.3. The Hall–Kier alpha value is -7.40. The van der Waals surface area contributed by atoms with E-state index in [4.69, 9.17) is 4.74 Å². The van der Waals surface area contributed by atoms with E-state index in [1.807, 2.05) is 48.5 Å². The van der Waals surface area contributed by atoms with Crippen LogP contribution in [0.15, 0.2) is 30.3 Å². The lowest BCUT2D eigenvalue weighted by molar-refractivity contribution is -0.151. The van der Waals surface area contributed by atoms with Gasteiger partial charge in [0.15, 0.2) is 0 Å². The summed E-state index contributed by atoms with van der Waals surface area (Å²) in [4.78, 5) is 189. The average Bonchev–Trinajstić information content (AvgIpc) is 1.54. The highest BCUT2D eigenvalue weighted by Gasteiger charge is 2.45. The first-order chi connectivity index (χ1) is 48.2.